The van der Waals surface area contributed by atoms with Gasteiger partial charge in [-0.2, -0.15) is 0 Å². The van der Waals surface area contributed by atoms with Crippen LogP contribution < -0.4 is 10.6 Å². The minimum absolute atomic E-state index is 0.0805. The third kappa shape index (κ3) is 2.70. The van der Waals surface area contributed by atoms with Crippen molar-refractivity contribution in [3.05, 3.63) is 59.4 Å². The number of carbonyl (C=O) groups excluding carboxylic acids is 2. The molecule has 0 aliphatic carbocycles. The van der Waals surface area contributed by atoms with Crippen molar-refractivity contribution in [3.63, 3.8) is 0 Å². The summed E-state index contributed by atoms with van der Waals surface area (Å²) in [6.45, 7) is 1.66. The van der Waals surface area contributed by atoms with Crippen LogP contribution in [0.1, 0.15) is 23.5 Å². The highest BCUT2D eigenvalue weighted by molar-refractivity contribution is 6.05. The summed E-state index contributed by atoms with van der Waals surface area (Å²) in [5, 5.41) is 5.43. The lowest BCUT2D eigenvalue weighted by molar-refractivity contribution is -0.123. The Morgan fingerprint density at radius 1 is 1.27 bits per heavy atom. The Balaban J connectivity index is 1.86. The third-order valence-electron chi connectivity index (χ3n) is 3.76. The van der Waals surface area contributed by atoms with Crippen molar-refractivity contribution < 1.29 is 14.0 Å². The molecule has 2 aromatic rings. The van der Waals surface area contributed by atoms with Crippen molar-refractivity contribution in [2.45, 2.75) is 19.3 Å². The highest BCUT2D eigenvalue weighted by Gasteiger charge is 2.30. The number of halogens is 1. The number of carbonyl (C=O) groups is 2. The predicted molar refractivity (Wildman–Crippen MR) is 82.2 cm³/mol. The number of para-hydroxylation sites is 1. The molecule has 1 aliphatic rings. The number of anilines is 2. The number of rotatable bonds is 2. The van der Waals surface area contributed by atoms with Crippen molar-refractivity contribution in [1.29, 1.82) is 0 Å². The third-order valence-corrected chi connectivity index (χ3v) is 3.76. The maximum atomic E-state index is 13.6. The Labute approximate surface area is 127 Å². The van der Waals surface area contributed by atoms with Crippen LogP contribution in [0.2, 0.25) is 0 Å². The summed E-state index contributed by atoms with van der Waals surface area (Å²) in [7, 11) is 0. The molecule has 0 saturated carbocycles. The Morgan fingerprint density at radius 3 is 2.82 bits per heavy atom. The van der Waals surface area contributed by atoms with Crippen LogP contribution in [-0.2, 0) is 9.59 Å². The van der Waals surface area contributed by atoms with Crippen LogP contribution in [-0.4, -0.2) is 11.8 Å². The smallest absolute Gasteiger partial charge is 0.232 e. The minimum atomic E-state index is -0.575. The van der Waals surface area contributed by atoms with Gasteiger partial charge >= 0.3 is 0 Å². The molecule has 0 spiro atoms. The van der Waals surface area contributed by atoms with Gasteiger partial charge in [-0.3, -0.25) is 9.59 Å². The molecule has 112 valence electrons. The van der Waals surface area contributed by atoms with Crippen LogP contribution in [0.4, 0.5) is 15.8 Å². The quantitative estimate of drug-likeness (QED) is 0.894. The Kier molecular flexibility index (Phi) is 3.63. The Bertz CT molecular complexity index is 758. The molecule has 2 N–H and O–H groups in total. The van der Waals surface area contributed by atoms with E-state index in [4.69, 9.17) is 0 Å². The number of benzene rings is 2. The number of nitrogens with one attached hydrogen (secondary N) is 2. The van der Waals surface area contributed by atoms with E-state index in [9.17, 15) is 14.0 Å². The summed E-state index contributed by atoms with van der Waals surface area (Å²) < 4.78 is 13.6. The number of hydrogen-bond acceptors (Lipinski definition) is 2. The van der Waals surface area contributed by atoms with Crippen molar-refractivity contribution in [2.75, 3.05) is 10.6 Å². The molecule has 4 nitrogen and oxygen atoms in total. The lowest BCUT2D eigenvalue weighted by atomic mass is 9.90. The van der Waals surface area contributed by atoms with E-state index in [2.05, 4.69) is 10.6 Å². The van der Waals surface area contributed by atoms with Gasteiger partial charge in [0.05, 0.1) is 5.92 Å². The van der Waals surface area contributed by atoms with Gasteiger partial charge in [0.15, 0.2) is 0 Å². The van der Waals surface area contributed by atoms with Gasteiger partial charge in [0, 0.05) is 17.8 Å². The largest absolute Gasteiger partial charge is 0.326 e. The molecular weight excluding hydrogens is 283 g/mol. The van der Waals surface area contributed by atoms with E-state index in [0.717, 1.165) is 5.56 Å². The van der Waals surface area contributed by atoms with E-state index < -0.39 is 5.92 Å². The summed E-state index contributed by atoms with van der Waals surface area (Å²) in [5.41, 5.74) is 2.32. The molecule has 1 heterocycles. The van der Waals surface area contributed by atoms with Gasteiger partial charge in [-0.25, -0.2) is 4.39 Å². The fourth-order valence-electron chi connectivity index (χ4n) is 2.55. The summed E-state index contributed by atoms with van der Waals surface area (Å²) in [4.78, 5) is 24.2. The molecule has 0 unspecified atom stereocenters. The maximum absolute atomic E-state index is 13.6. The fourth-order valence-corrected chi connectivity index (χ4v) is 2.55. The highest BCUT2D eigenvalue weighted by Crippen LogP contribution is 2.32. The second-order valence-electron chi connectivity index (χ2n) is 5.35. The molecule has 2 amide bonds. The fraction of sp³-hybridized carbons (Fsp3) is 0.176. The number of fused-ring (bicyclic) bond motifs is 1. The van der Waals surface area contributed by atoms with Crippen molar-refractivity contribution >= 4 is 23.2 Å². The van der Waals surface area contributed by atoms with E-state index in [-0.39, 0.29) is 24.1 Å². The number of hydrogen-bond donors (Lipinski definition) is 2. The lowest BCUT2D eigenvalue weighted by Gasteiger charge is -2.24. The molecule has 1 aliphatic heterocycles. The Hall–Kier alpha value is -2.69. The number of amides is 2. The molecule has 22 heavy (non-hydrogen) atoms. The van der Waals surface area contributed by atoms with Gasteiger partial charge in [0.25, 0.3) is 0 Å². The minimum Gasteiger partial charge on any atom is -0.326 e. The summed E-state index contributed by atoms with van der Waals surface area (Å²) in [6, 6.07) is 11.7. The van der Waals surface area contributed by atoms with E-state index in [1.807, 2.05) is 12.1 Å². The SMILES string of the molecule is Cc1ccc(NC(=O)[C@@H]2CC(=O)Nc3ccccc32)cc1F. The van der Waals surface area contributed by atoms with Gasteiger partial charge < -0.3 is 10.6 Å². The van der Waals surface area contributed by atoms with Crippen LogP contribution in [0.5, 0.6) is 0 Å². The van der Waals surface area contributed by atoms with Crippen LogP contribution in [0.15, 0.2) is 42.5 Å². The first-order valence-corrected chi connectivity index (χ1v) is 7.00. The van der Waals surface area contributed by atoms with Gasteiger partial charge in [0.2, 0.25) is 11.8 Å². The first-order chi connectivity index (χ1) is 10.5. The first-order valence-electron chi connectivity index (χ1n) is 7.00. The molecular formula is C17H15FN2O2. The lowest BCUT2D eigenvalue weighted by Crippen LogP contribution is -2.30. The molecule has 0 saturated heterocycles. The topological polar surface area (TPSA) is 58.2 Å². The maximum Gasteiger partial charge on any atom is 0.232 e. The molecule has 0 bridgehead atoms. The normalized spacial score (nSPS) is 16.6. The zero-order valence-electron chi connectivity index (χ0n) is 12.0. The molecule has 0 radical (unpaired) electrons. The van der Waals surface area contributed by atoms with Crippen molar-refractivity contribution in [2.24, 2.45) is 0 Å². The average molecular weight is 298 g/mol. The van der Waals surface area contributed by atoms with Crippen LogP contribution in [0.3, 0.4) is 0 Å². The van der Waals surface area contributed by atoms with Gasteiger partial charge in [-0.1, -0.05) is 24.3 Å². The molecule has 3 rings (SSSR count). The summed E-state index contributed by atoms with van der Waals surface area (Å²) in [5.74, 6) is -1.46. The van der Waals surface area contributed by atoms with Crippen LogP contribution in [0, 0.1) is 12.7 Å². The second-order valence-corrected chi connectivity index (χ2v) is 5.35. The van der Waals surface area contributed by atoms with Crippen molar-refractivity contribution in [3.8, 4) is 0 Å². The van der Waals surface area contributed by atoms with E-state index in [1.54, 1.807) is 31.2 Å². The molecule has 0 aromatic heterocycles. The molecule has 2 aromatic carbocycles. The molecule has 0 fully saturated rings. The zero-order valence-corrected chi connectivity index (χ0v) is 12.0. The van der Waals surface area contributed by atoms with Crippen LogP contribution in [0.25, 0.3) is 0 Å². The first kappa shape index (κ1) is 14.3. The van der Waals surface area contributed by atoms with E-state index >= 15 is 0 Å². The van der Waals surface area contributed by atoms with E-state index in [1.165, 1.54) is 6.07 Å². The van der Waals surface area contributed by atoms with Gasteiger partial charge in [-0.15, -0.1) is 0 Å². The number of aryl methyl sites for hydroxylation is 1. The highest BCUT2D eigenvalue weighted by atomic mass is 19.1. The van der Waals surface area contributed by atoms with Crippen molar-refractivity contribution in [1.82, 2.24) is 0 Å². The zero-order chi connectivity index (χ0) is 15.7. The Morgan fingerprint density at radius 2 is 2.05 bits per heavy atom. The summed E-state index contributed by atoms with van der Waals surface area (Å²) >= 11 is 0. The standard InChI is InChI=1S/C17H15FN2O2/c1-10-6-7-11(8-14(10)18)19-17(22)13-9-16(21)20-15-5-3-2-4-12(13)15/h2-8,13H,9H2,1H3,(H,19,22)(H,20,21)/t13-/m1/s1. The summed E-state index contributed by atoms with van der Waals surface area (Å²) in [6.07, 6.45) is 0.0805. The average Bonchev–Trinajstić information content (AvgIpc) is 2.50. The van der Waals surface area contributed by atoms with Gasteiger partial charge in [-0.05, 0) is 36.2 Å². The monoisotopic (exact) mass is 298 g/mol. The van der Waals surface area contributed by atoms with E-state index in [0.29, 0.717) is 16.9 Å². The second kappa shape index (κ2) is 5.60. The molecule has 1 atom stereocenters. The molecule has 5 heteroatoms. The van der Waals surface area contributed by atoms with Crippen LogP contribution >= 0.6 is 0 Å². The van der Waals surface area contributed by atoms with Gasteiger partial charge in [0.1, 0.15) is 5.82 Å². The predicted octanol–water partition coefficient (Wildman–Crippen LogP) is 3.20.